The van der Waals surface area contributed by atoms with E-state index < -0.39 is 5.60 Å². The van der Waals surface area contributed by atoms with Crippen LogP contribution in [0.25, 0.3) is 0 Å². The van der Waals surface area contributed by atoms with Crippen molar-refractivity contribution in [1.82, 2.24) is 14.8 Å². The fourth-order valence-electron chi connectivity index (χ4n) is 4.97. The summed E-state index contributed by atoms with van der Waals surface area (Å²) in [7, 11) is 0. The maximum absolute atomic E-state index is 13.9. The van der Waals surface area contributed by atoms with Crippen LogP contribution in [0.5, 0.6) is 0 Å². The molecular formula is C26H26ClN3O2. The first kappa shape index (κ1) is 21.1. The molecule has 0 aliphatic carbocycles. The number of carbonyl (C=O) groups is 1. The van der Waals surface area contributed by atoms with Gasteiger partial charge in [-0.2, -0.15) is 0 Å². The molecule has 2 aliphatic rings. The van der Waals surface area contributed by atoms with Crippen LogP contribution in [0.15, 0.2) is 79.1 Å². The largest absolute Gasteiger partial charge is 0.361 e. The number of morpholine rings is 1. The van der Waals surface area contributed by atoms with Gasteiger partial charge in [0.25, 0.3) is 5.91 Å². The van der Waals surface area contributed by atoms with Gasteiger partial charge >= 0.3 is 0 Å². The molecule has 0 N–H and O–H groups in total. The number of carbonyl (C=O) groups excluding carboxylic acids is 1. The molecule has 5 rings (SSSR count). The van der Waals surface area contributed by atoms with Gasteiger partial charge in [-0.3, -0.25) is 14.7 Å². The molecule has 164 valence electrons. The molecule has 0 bridgehead atoms. The second-order valence-corrected chi connectivity index (χ2v) is 9.03. The van der Waals surface area contributed by atoms with Crippen molar-refractivity contribution in [2.45, 2.75) is 24.6 Å². The molecule has 2 fully saturated rings. The first-order valence-electron chi connectivity index (χ1n) is 11.0. The van der Waals surface area contributed by atoms with Crippen LogP contribution in [0.2, 0.25) is 5.02 Å². The van der Waals surface area contributed by atoms with Crippen LogP contribution in [0.4, 0.5) is 0 Å². The Kier molecular flexibility index (Phi) is 5.96. The van der Waals surface area contributed by atoms with Crippen molar-refractivity contribution in [1.29, 1.82) is 0 Å². The van der Waals surface area contributed by atoms with Crippen LogP contribution in [0.3, 0.4) is 0 Å². The van der Waals surface area contributed by atoms with Crippen molar-refractivity contribution in [2.24, 2.45) is 0 Å². The van der Waals surface area contributed by atoms with E-state index in [0.717, 1.165) is 28.3 Å². The zero-order valence-corrected chi connectivity index (χ0v) is 18.6. The van der Waals surface area contributed by atoms with E-state index in [-0.39, 0.29) is 11.8 Å². The summed E-state index contributed by atoms with van der Waals surface area (Å²) < 4.78 is 6.38. The Morgan fingerprint density at radius 2 is 1.88 bits per heavy atom. The average molecular weight is 448 g/mol. The van der Waals surface area contributed by atoms with Crippen LogP contribution < -0.4 is 0 Å². The van der Waals surface area contributed by atoms with E-state index in [9.17, 15) is 4.79 Å². The highest BCUT2D eigenvalue weighted by atomic mass is 35.5. The van der Waals surface area contributed by atoms with E-state index in [0.29, 0.717) is 32.8 Å². The Balaban J connectivity index is 1.45. The summed E-state index contributed by atoms with van der Waals surface area (Å²) in [6, 6.07) is 22.0. The smallest absolute Gasteiger partial charge is 0.257 e. The molecule has 1 aromatic heterocycles. The predicted octanol–water partition coefficient (Wildman–Crippen LogP) is 4.13. The number of ether oxygens (including phenoxy) is 1. The van der Waals surface area contributed by atoms with Gasteiger partial charge in [-0.1, -0.05) is 60.1 Å². The van der Waals surface area contributed by atoms with Crippen LogP contribution in [0, 0.1) is 0 Å². The number of pyridine rings is 1. The summed E-state index contributed by atoms with van der Waals surface area (Å²) in [6.45, 7) is 3.71. The lowest BCUT2D eigenvalue weighted by molar-refractivity contribution is -0.173. The van der Waals surface area contributed by atoms with Crippen molar-refractivity contribution >= 4 is 17.5 Å². The van der Waals surface area contributed by atoms with E-state index in [1.165, 1.54) is 0 Å². The Hall–Kier alpha value is -2.73. The van der Waals surface area contributed by atoms with Crippen LogP contribution >= 0.6 is 11.6 Å². The van der Waals surface area contributed by atoms with Crippen molar-refractivity contribution in [3.63, 3.8) is 0 Å². The standard InChI is InChI=1S/C26H26ClN3O2/c27-23-10-4-8-21(14-23)16-29-18-24(22-9-5-11-28-15-22)26(19-29)25(31)30(12-13-32-26)17-20-6-2-1-3-7-20/h1-11,14-15,24H,12-13,16-19H2/t24-,26-/m1/s1. The van der Waals surface area contributed by atoms with E-state index >= 15 is 0 Å². The molecule has 1 amide bonds. The zero-order valence-electron chi connectivity index (χ0n) is 17.9. The Morgan fingerprint density at radius 1 is 1.03 bits per heavy atom. The number of amides is 1. The minimum Gasteiger partial charge on any atom is -0.361 e. The molecule has 0 saturated carbocycles. The third-order valence-corrected chi connectivity index (χ3v) is 6.67. The summed E-state index contributed by atoms with van der Waals surface area (Å²) in [4.78, 5) is 22.5. The highest BCUT2D eigenvalue weighted by Crippen LogP contribution is 2.42. The SMILES string of the molecule is O=C1N(Cc2ccccc2)CCO[C@@]12CN(Cc1cccc(Cl)c1)C[C@@H]2c1cccnc1. The highest BCUT2D eigenvalue weighted by Gasteiger charge is 2.56. The lowest BCUT2D eigenvalue weighted by Crippen LogP contribution is -2.59. The quantitative estimate of drug-likeness (QED) is 0.590. The molecule has 3 heterocycles. The number of hydrogen-bond donors (Lipinski definition) is 0. The first-order valence-corrected chi connectivity index (χ1v) is 11.4. The normalized spacial score (nSPS) is 23.7. The second-order valence-electron chi connectivity index (χ2n) is 8.59. The summed E-state index contributed by atoms with van der Waals surface area (Å²) in [6.07, 6.45) is 3.63. The minimum atomic E-state index is -0.908. The molecule has 3 aromatic rings. The maximum atomic E-state index is 13.9. The lowest BCUT2D eigenvalue weighted by Gasteiger charge is -2.42. The first-order chi connectivity index (χ1) is 15.6. The molecule has 6 heteroatoms. The number of aromatic nitrogens is 1. The van der Waals surface area contributed by atoms with Crippen molar-refractivity contribution in [3.05, 3.63) is 101 Å². The fourth-order valence-corrected chi connectivity index (χ4v) is 5.18. The van der Waals surface area contributed by atoms with Gasteiger partial charge in [0.1, 0.15) is 0 Å². The fraction of sp³-hybridized carbons (Fsp3) is 0.308. The molecule has 32 heavy (non-hydrogen) atoms. The Labute approximate surface area is 193 Å². The number of hydrogen-bond acceptors (Lipinski definition) is 4. The lowest BCUT2D eigenvalue weighted by atomic mass is 9.83. The van der Waals surface area contributed by atoms with Gasteiger partial charge in [0.2, 0.25) is 0 Å². The predicted molar refractivity (Wildman–Crippen MR) is 124 cm³/mol. The molecule has 2 atom stereocenters. The van der Waals surface area contributed by atoms with Gasteiger partial charge in [0.05, 0.1) is 6.61 Å². The molecule has 2 aromatic carbocycles. The number of rotatable bonds is 5. The van der Waals surface area contributed by atoms with Gasteiger partial charge in [0.15, 0.2) is 5.60 Å². The number of nitrogens with zero attached hydrogens (tertiary/aromatic N) is 3. The van der Waals surface area contributed by atoms with Gasteiger partial charge in [-0.15, -0.1) is 0 Å². The van der Waals surface area contributed by atoms with Crippen molar-refractivity contribution in [2.75, 3.05) is 26.2 Å². The van der Waals surface area contributed by atoms with Gasteiger partial charge < -0.3 is 9.64 Å². The Bertz CT molecular complexity index is 1080. The van der Waals surface area contributed by atoms with Crippen molar-refractivity contribution < 1.29 is 9.53 Å². The van der Waals surface area contributed by atoms with Crippen molar-refractivity contribution in [3.8, 4) is 0 Å². The minimum absolute atomic E-state index is 0.0649. The van der Waals surface area contributed by atoms with Crippen LogP contribution in [-0.4, -0.2) is 52.5 Å². The topological polar surface area (TPSA) is 45.7 Å². The van der Waals surface area contributed by atoms with Gasteiger partial charge in [-0.25, -0.2) is 0 Å². The summed E-state index contributed by atoms with van der Waals surface area (Å²) >= 11 is 6.20. The highest BCUT2D eigenvalue weighted by molar-refractivity contribution is 6.30. The molecule has 0 radical (unpaired) electrons. The molecule has 2 saturated heterocycles. The monoisotopic (exact) mass is 447 g/mol. The van der Waals surface area contributed by atoms with E-state index in [1.807, 2.05) is 53.6 Å². The zero-order chi connectivity index (χ0) is 22.0. The number of likely N-dealkylation sites (tertiary alicyclic amines) is 1. The summed E-state index contributed by atoms with van der Waals surface area (Å²) in [5.41, 5.74) is 2.39. The van der Waals surface area contributed by atoms with E-state index in [1.54, 1.807) is 6.20 Å². The summed E-state index contributed by atoms with van der Waals surface area (Å²) in [5.74, 6) is -0.0171. The number of benzene rings is 2. The molecular weight excluding hydrogens is 422 g/mol. The van der Waals surface area contributed by atoms with Crippen LogP contribution in [0.1, 0.15) is 22.6 Å². The third-order valence-electron chi connectivity index (χ3n) is 6.43. The average Bonchev–Trinajstić information content (AvgIpc) is 3.17. The number of halogens is 1. The van der Waals surface area contributed by atoms with Gasteiger partial charge in [0, 0.05) is 56.1 Å². The molecule has 0 unspecified atom stereocenters. The summed E-state index contributed by atoms with van der Waals surface area (Å²) in [5, 5.41) is 0.722. The van der Waals surface area contributed by atoms with Gasteiger partial charge in [-0.05, 0) is 34.9 Å². The molecule has 5 nitrogen and oxygen atoms in total. The third kappa shape index (κ3) is 4.16. The maximum Gasteiger partial charge on any atom is 0.257 e. The molecule has 2 aliphatic heterocycles. The second kappa shape index (κ2) is 9.02. The molecule has 1 spiro atoms. The van der Waals surface area contributed by atoms with E-state index in [2.05, 4.69) is 34.1 Å². The Morgan fingerprint density at radius 3 is 2.66 bits per heavy atom. The van der Waals surface area contributed by atoms with Crippen LogP contribution in [-0.2, 0) is 22.6 Å². The van der Waals surface area contributed by atoms with E-state index in [4.69, 9.17) is 16.3 Å².